The van der Waals surface area contributed by atoms with Crippen LogP contribution in [0.3, 0.4) is 0 Å². The average molecular weight is 311 g/mol. The topological polar surface area (TPSA) is 58.4 Å². The van der Waals surface area contributed by atoms with Crippen LogP contribution >= 0.6 is 0 Å². The molecule has 1 N–H and O–H groups in total. The van der Waals surface area contributed by atoms with Crippen molar-refractivity contribution < 1.29 is 9.21 Å². The summed E-state index contributed by atoms with van der Waals surface area (Å²) in [6, 6.07) is 9.60. The smallest absolute Gasteiger partial charge is 0.244 e. The predicted octanol–water partition coefficient (Wildman–Crippen LogP) is 2.72. The fourth-order valence-corrected chi connectivity index (χ4v) is 2.75. The van der Waals surface area contributed by atoms with Crippen molar-refractivity contribution in [3.63, 3.8) is 0 Å². The Balaban J connectivity index is 1.40. The number of rotatable bonds is 5. The minimum Gasteiger partial charge on any atom is -0.465 e. The highest BCUT2D eigenvalue weighted by Crippen LogP contribution is 2.20. The summed E-state index contributed by atoms with van der Waals surface area (Å²) in [4.78, 5) is 18.5. The van der Waals surface area contributed by atoms with Gasteiger partial charge in [0, 0.05) is 31.9 Å². The minimum atomic E-state index is -0.0754. The fraction of sp³-hybridized carbons (Fsp3) is 0.333. The highest BCUT2D eigenvalue weighted by atomic mass is 16.3. The molecule has 0 spiro atoms. The summed E-state index contributed by atoms with van der Waals surface area (Å²) in [7, 11) is 0. The predicted molar refractivity (Wildman–Crippen MR) is 89.9 cm³/mol. The van der Waals surface area contributed by atoms with Gasteiger partial charge in [0.2, 0.25) is 5.91 Å². The van der Waals surface area contributed by atoms with E-state index >= 15 is 0 Å². The Morgan fingerprint density at radius 1 is 1.30 bits per heavy atom. The van der Waals surface area contributed by atoms with Crippen LogP contribution in [-0.2, 0) is 4.79 Å². The number of carbonyl (C=O) groups excluding carboxylic acids is 1. The first-order chi connectivity index (χ1) is 11.3. The van der Waals surface area contributed by atoms with Crippen LogP contribution in [0.2, 0.25) is 0 Å². The Morgan fingerprint density at radius 3 is 2.87 bits per heavy atom. The van der Waals surface area contributed by atoms with Crippen LogP contribution in [0, 0.1) is 5.92 Å². The van der Waals surface area contributed by atoms with Gasteiger partial charge < -0.3 is 14.6 Å². The maximum absolute atomic E-state index is 11.8. The van der Waals surface area contributed by atoms with Crippen LogP contribution in [0.1, 0.15) is 18.6 Å². The van der Waals surface area contributed by atoms with Gasteiger partial charge in [0.15, 0.2) is 0 Å². The molecule has 5 heteroatoms. The van der Waals surface area contributed by atoms with E-state index in [1.165, 1.54) is 6.08 Å². The molecule has 3 rings (SSSR count). The molecule has 0 bridgehead atoms. The molecular weight excluding hydrogens is 290 g/mol. The second kappa shape index (κ2) is 7.63. The van der Waals surface area contributed by atoms with Crippen molar-refractivity contribution in [1.82, 2.24) is 10.3 Å². The number of nitrogens with zero attached hydrogens (tertiary/aromatic N) is 2. The molecule has 5 nitrogen and oxygen atoms in total. The van der Waals surface area contributed by atoms with E-state index in [1.54, 1.807) is 18.4 Å². The lowest BCUT2D eigenvalue weighted by molar-refractivity contribution is -0.116. The van der Waals surface area contributed by atoms with Gasteiger partial charge in [-0.1, -0.05) is 6.07 Å². The van der Waals surface area contributed by atoms with Gasteiger partial charge in [-0.2, -0.15) is 0 Å². The minimum absolute atomic E-state index is 0.0754. The van der Waals surface area contributed by atoms with Gasteiger partial charge in [0.25, 0.3) is 0 Å². The van der Waals surface area contributed by atoms with Gasteiger partial charge in [-0.3, -0.25) is 4.79 Å². The third-order valence-electron chi connectivity index (χ3n) is 4.09. The Morgan fingerprint density at radius 2 is 2.17 bits per heavy atom. The van der Waals surface area contributed by atoms with E-state index in [4.69, 9.17) is 4.42 Å². The van der Waals surface area contributed by atoms with E-state index in [0.29, 0.717) is 11.7 Å². The van der Waals surface area contributed by atoms with Crippen LogP contribution in [0.5, 0.6) is 0 Å². The molecule has 1 saturated heterocycles. The standard InChI is InChI=1S/C18H21N3O2/c22-18(7-6-16-4-3-13-23-16)20-14-15-8-11-21(12-9-15)17-5-1-2-10-19-17/h1-7,10,13,15H,8-9,11-12,14H2,(H,20,22)/b7-6+. The van der Waals surface area contributed by atoms with E-state index < -0.39 is 0 Å². The zero-order valence-electron chi connectivity index (χ0n) is 13.0. The number of pyridine rings is 1. The Hall–Kier alpha value is -2.56. The molecule has 2 aromatic rings. The zero-order valence-corrected chi connectivity index (χ0v) is 13.0. The normalized spacial score (nSPS) is 15.9. The lowest BCUT2D eigenvalue weighted by Gasteiger charge is -2.32. The number of nitrogens with one attached hydrogen (secondary N) is 1. The number of anilines is 1. The molecule has 2 aromatic heterocycles. The van der Waals surface area contributed by atoms with E-state index in [2.05, 4.69) is 15.2 Å². The van der Waals surface area contributed by atoms with Crippen molar-refractivity contribution in [2.24, 2.45) is 5.92 Å². The molecule has 3 heterocycles. The molecule has 0 unspecified atom stereocenters. The van der Waals surface area contributed by atoms with Gasteiger partial charge in [-0.15, -0.1) is 0 Å². The van der Waals surface area contributed by atoms with Gasteiger partial charge in [0.05, 0.1) is 6.26 Å². The van der Waals surface area contributed by atoms with Crippen molar-refractivity contribution >= 4 is 17.8 Å². The van der Waals surface area contributed by atoms with Crippen molar-refractivity contribution in [2.45, 2.75) is 12.8 Å². The Kier molecular flexibility index (Phi) is 5.09. The molecule has 120 valence electrons. The van der Waals surface area contributed by atoms with Crippen molar-refractivity contribution in [1.29, 1.82) is 0 Å². The number of amides is 1. The van der Waals surface area contributed by atoms with Gasteiger partial charge >= 0.3 is 0 Å². The molecule has 23 heavy (non-hydrogen) atoms. The highest BCUT2D eigenvalue weighted by molar-refractivity contribution is 5.91. The number of hydrogen-bond acceptors (Lipinski definition) is 4. The van der Waals surface area contributed by atoms with Crippen LogP contribution in [-0.4, -0.2) is 30.5 Å². The SMILES string of the molecule is O=C(/C=C/c1ccco1)NCC1CCN(c2ccccn2)CC1. The third kappa shape index (κ3) is 4.45. The average Bonchev–Trinajstić information content (AvgIpc) is 3.13. The molecule has 0 aromatic carbocycles. The molecular formula is C18H21N3O2. The fourth-order valence-electron chi connectivity index (χ4n) is 2.75. The summed E-state index contributed by atoms with van der Waals surface area (Å²) >= 11 is 0. The molecule has 0 radical (unpaired) electrons. The van der Waals surface area contributed by atoms with Crippen molar-refractivity contribution in [2.75, 3.05) is 24.5 Å². The van der Waals surface area contributed by atoms with E-state index in [0.717, 1.165) is 38.3 Å². The quantitative estimate of drug-likeness (QED) is 0.863. The Bertz CT molecular complexity index is 630. The number of piperidine rings is 1. The van der Waals surface area contributed by atoms with Gasteiger partial charge in [0.1, 0.15) is 11.6 Å². The summed E-state index contributed by atoms with van der Waals surface area (Å²) in [6.45, 7) is 2.69. The largest absolute Gasteiger partial charge is 0.465 e. The first-order valence-electron chi connectivity index (χ1n) is 7.96. The van der Waals surface area contributed by atoms with Crippen molar-refractivity contribution in [3.05, 3.63) is 54.6 Å². The van der Waals surface area contributed by atoms with Crippen LogP contribution < -0.4 is 10.2 Å². The highest BCUT2D eigenvalue weighted by Gasteiger charge is 2.20. The summed E-state index contributed by atoms with van der Waals surface area (Å²) in [5, 5.41) is 2.97. The molecule has 1 fully saturated rings. The molecule has 0 aliphatic carbocycles. The lowest BCUT2D eigenvalue weighted by Crippen LogP contribution is -2.38. The summed E-state index contributed by atoms with van der Waals surface area (Å²) in [6.07, 6.45) is 8.75. The summed E-state index contributed by atoms with van der Waals surface area (Å²) < 4.78 is 5.15. The molecule has 1 amide bonds. The summed E-state index contributed by atoms with van der Waals surface area (Å²) in [5.74, 6) is 2.17. The van der Waals surface area contributed by atoms with Crippen LogP contribution in [0.25, 0.3) is 6.08 Å². The first kappa shape index (κ1) is 15.3. The maximum atomic E-state index is 11.8. The maximum Gasteiger partial charge on any atom is 0.244 e. The number of aromatic nitrogens is 1. The first-order valence-corrected chi connectivity index (χ1v) is 7.96. The summed E-state index contributed by atoms with van der Waals surface area (Å²) in [5.41, 5.74) is 0. The lowest BCUT2D eigenvalue weighted by atomic mass is 9.97. The van der Waals surface area contributed by atoms with Gasteiger partial charge in [-0.05, 0) is 49.1 Å². The van der Waals surface area contributed by atoms with E-state index in [-0.39, 0.29) is 5.91 Å². The Labute approximate surface area is 136 Å². The molecule has 0 atom stereocenters. The van der Waals surface area contributed by atoms with Crippen LogP contribution in [0.4, 0.5) is 5.82 Å². The zero-order chi connectivity index (χ0) is 15.9. The van der Waals surface area contributed by atoms with Crippen molar-refractivity contribution in [3.8, 4) is 0 Å². The second-order valence-corrected chi connectivity index (χ2v) is 5.71. The number of hydrogen-bond donors (Lipinski definition) is 1. The number of furan rings is 1. The number of carbonyl (C=O) groups is 1. The third-order valence-corrected chi connectivity index (χ3v) is 4.09. The van der Waals surface area contributed by atoms with E-state index in [1.807, 2.05) is 30.5 Å². The second-order valence-electron chi connectivity index (χ2n) is 5.71. The molecule has 1 aliphatic heterocycles. The monoisotopic (exact) mass is 311 g/mol. The van der Waals surface area contributed by atoms with E-state index in [9.17, 15) is 4.79 Å². The molecule has 0 saturated carbocycles. The van der Waals surface area contributed by atoms with Crippen LogP contribution in [0.15, 0.2) is 53.3 Å². The molecule has 1 aliphatic rings. The van der Waals surface area contributed by atoms with Gasteiger partial charge in [-0.25, -0.2) is 4.98 Å².